The van der Waals surface area contributed by atoms with Gasteiger partial charge < -0.3 is 26.4 Å². The Morgan fingerprint density at radius 2 is 1.76 bits per heavy atom. The number of nitrogens with zero attached hydrogens (tertiary/aromatic N) is 1. The zero-order valence-electron chi connectivity index (χ0n) is 17.6. The molecule has 0 radical (unpaired) electrons. The highest BCUT2D eigenvalue weighted by Crippen LogP contribution is 2.20. The van der Waals surface area contributed by atoms with Crippen molar-refractivity contribution in [3.05, 3.63) is 0 Å². The van der Waals surface area contributed by atoms with Crippen LogP contribution in [0.25, 0.3) is 0 Å². The van der Waals surface area contributed by atoms with Gasteiger partial charge in [-0.05, 0) is 31.1 Å². The molecule has 1 heterocycles. The van der Waals surface area contributed by atoms with Crippen LogP contribution in [0.5, 0.6) is 0 Å². The van der Waals surface area contributed by atoms with Crippen molar-refractivity contribution in [2.24, 2.45) is 17.6 Å². The van der Waals surface area contributed by atoms with Gasteiger partial charge in [-0.1, -0.05) is 27.7 Å². The third-order valence-corrected chi connectivity index (χ3v) is 5.32. The molecule has 4 unspecified atom stereocenters. The Morgan fingerprint density at radius 1 is 1.14 bits per heavy atom. The molecule has 1 aliphatic rings. The number of thiol groups is 1. The lowest BCUT2D eigenvalue weighted by Crippen LogP contribution is -2.58. The number of amides is 3. The number of aliphatic carboxylic acids is 1. The Kier molecular flexibility index (Phi) is 9.91. The zero-order valence-corrected chi connectivity index (χ0v) is 18.4. The average molecular weight is 431 g/mol. The highest BCUT2D eigenvalue weighted by atomic mass is 32.1. The van der Waals surface area contributed by atoms with E-state index in [1.165, 1.54) is 4.90 Å². The first-order valence-corrected chi connectivity index (χ1v) is 10.6. The van der Waals surface area contributed by atoms with Crippen LogP contribution in [0.2, 0.25) is 0 Å². The SMILES string of the molecule is CC(C)CC(NC(=O)C(N)CS)C(=O)NC(C(=O)N1CCCC1C(=O)O)C(C)C. The molecule has 0 spiro atoms. The van der Waals surface area contributed by atoms with Crippen molar-refractivity contribution in [2.75, 3.05) is 12.3 Å². The number of rotatable bonds is 10. The van der Waals surface area contributed by atoms with Gasteiger partial charge in [0.2, 0.25) is 17.7 Å². The number of carbonyl (C=O) groups is 4. The van der Waals surface area contributed by atoms with E-state index in [9.17, 15) is 24.3 Å². The monoisotopic (exact) mass is 430 g/mol. The summed E-state index contributed by atoms with van der Waals surface area (Å²) in [4.78, 5) is 50.8. The van der Waals surface area contributed by atoms with Gasteiger partial charge in [-0.15, -0.1) is 0 Å². The number of carboxylic acids is 1. The number of carboxylic acid groups (broad SMARTS) is 1. The first-order valence-electron chi connectivity index (χ1n) is 10.00. The Balaban J connectivity index is 2.95. The Hall–Kier alpha value is -1.81. The quantitative estimate of drug-likeness (QED) is 0.309. The largest absolute Gasteiger partial charge is 0.480 e. The average Bonchev–Trinajstić information content (AvgIpc) is 3.13. The normalized spacial score (nSPS) is 19.7. The molecule has 0 saturated carbocycles. The number of carbonyl (C=O) groups excluding carboxylic acids is 3. The van der Waals surface area contributed by atoms with Crippen LogP contribution >= 0.6 is 12.6 Å². The maximum Gasteiger partial charge on any atom is 0.326 e. The van der Waals surface area contributed by atoms with Gasteiger partial charge in [0.05, 0.1) is 6.04 Å². The van der Waals surface area contributed by atoms with Gasteiger partial charge >= 0.3 is 5.97 Å². The second-order valence-corrected chi connectivity index (χ2v) is 8.60. The molecule has 1 aliphatic heterocycles. The topological polar surface area (TPSA) is 142 Å². The van der Waals surface area contributed by atoms with Crippen LogP contribution in [0.15, 0.2) is 0 Å². The first kappa shape index (κ1) is 25.2. The molecule has 10 heteroatoms. The number of likely N-dealkylation sites (tertiary alicyclic amines) is 1. The van der Waals surface area contributed by atoms with Crippen LogP contribution in [-0.4, -0.2) is 70.2 Å². The van der Waals surface area contributed by atoms with E-state index in [1.807, 2.05) is 13.8 Å². The summed E-state index contributed by atoms with van der Waals surface area (Å²) >= 11 is 4.00. The molecular formula is C19H34N4O5S. The molecule has 0 aliphatic carbocycles. The van der Waals surface area contributed by atoms with Gasteiger partial charge in [0.1, 0.15) is 18.1 Å². The lowest BCUT2D eigenvalue weighted by molar-refractivity contribution is -0.150. The van der Waals surface area contributed by atoms with Crippen molar-refractivity contribution < 1.29 is 24.3 Å². The standard InChI is InChI=1S/C19H34N4O5S/c1-10(2)8-13(21-16(24)12(20)9-29)17(25)22-15(11(3)4)18(26)23-7-5-6-14(23)19(27)28/h10-15,29H,5-9,20H2,1-4H3,(H,21,24)(H,22,25)(H,27,28). The molecule has 0 aromatic heterocycles. The van der Waals surface area contributed by atoms with E-state index in [1.54, 1.807) is 13.8 Å². The molecule has 166 valence electrons. The summed E-state index contributed by atoms with van der Waals surface area (Å²) in [7, 11) is 0. The van der Waals surface area contributed by atoms with Crippen molar-refractivity contribution in [3.63, 3.8) is 0 Å². The van der Waals surface area contributed by atoms with E-state index in [0.717, 1.165) is 0 Å². The van der Waals surface area contributed by atoms with E-state index in [4.69, 9.17) is 5.73 Å². The van der Waals surface area contributed by atoms with Gasteiger partial charge in [0.15, 0.2) is 0 Å². The van der Waals surface area contributed by atoms with Crippen LogP contribution in [0.4, 0.5) is 0 Å². The van der Waals surface area contributed by atoms with Gasteiger partial charge in [0.25, 0.3) is 0 Å². The number of hydrogen-bond donors (Lipinski definition) is 5. The Bertz CT molecular complexity index is 613. The maximum absolute atomic E-state index is 13.0. The molecule has 3 amide bonds. The molecule has 0 bridgehead atoms. The lowest BCUT2D eigenvalue weighted by atomic mass is 9.99. The van der Waals surface area contributed by atoms with Crippen molar-refractivity contribution in [3.8, 4) is 0 Å². The summed E-state index contributed by atoms with van der Waals surface area (Å²) in [5, 5.41) is 14.7. The molecule has 1 fully saturated rings. The van der Waals surface area contributed by atoms with Crippen LogP contribution < -0.4 is 16.4 Å². The molecule has 0 aromatic rings. The second-order valence-electron chi connectivity index (χ2n) is 8.24. The number of hydrogen-bond acceptors (Lipinski definition) is 6. The summed E-state index contributed by atoms with van der Waals surface area (Å²) in [5.41, 5.74) is 5.68. The summed E-state index contributed by atoms with van der Waals surface area (Å²) in [6, 6.07) is -3.45. The fraction of sp³-hybridized carbons (Fsp3) is 0.789. The van der Waals surface area contributed by atoms with Gasteiger partial charge in [0, 0.05) is 12.3 Å². The van der Waals surface area contributed by atoms with Crippen LogP contribution in [0.3, 0.4) is 0 Å². The van der Waals surface area contributed by atoms with Gasteiger partial charge in [-0.25, -0.2) is 4.79 Å². The minimum absolute atomic E-state index is 0.112. The fourth-order valence-electron chi connectivity index (χ4n) is 3.30. The zero-order chi connectivity index (χ0) is 22.3. The maximum atomic E-state index is 13.0. The predicted octanol–water partition coefficient (Wildman–Crippen LogP) is -0.00920. The third kappa shape index (κ3) is 7.18. The van der Waals surface area contributed by atoms with Gasteiger partial charge in [-0.2, -0.15) is 12.6 Å². The van der Waals surface area contributed by atoms with E-state index >= 15 is 0 Å². The molecule has 1 rings (SSSR count). The van der Waals surface area contributed by atoms with Crippen molar-refractivity contribution in [2.45, 2.75) is 71.1 Å². The first-order chi connectivity index (χ1) is 13.5. The second kappa shape index (κ2) is 11.4. The minimum atomic E-state index is -1.05. The van der Waals surface area contributed by atoms with E-state index in [2.05, 4.69) is 23.3 Å². The van der Waals surface area contributed by atoms with Crippen LogP contribution in [-0.2, 0) is 19.2 Å². The van der Waals surface area contributed by atoms with E-state index < -0.39 is 47.9 Å². The predicted molar refractivity (Wildman–Crippen MR) is 112 cm³/mol. The van der Waals surface area contributed by atoms with Crippen molar-refractivity contribution in [1.29, 1.82) is 0 Å². The van der Waals surface area contributed by atoms with Crippen molar-refractivity contribution in [1.82, 2.24) is 15.5 Å². The fourth-order valence-corrected chi connectivity index (χ4v) is 3.46. The van der Waals surface area contributed by atoms with E-state index in [-0.39, 0.29) is 17.6 Å². The Labute approximate surface area is 177 Å². The highest BCUT2D eigenvalue weighted by molar-refractivity contribution is 7.80. The smallest absolute Gasteiger partial charge is 0.326 e. The van der Waals surface area contributed by atoms with Crippen LogP contribution in [0.1, 0.15) is 47.0 Å². The van der Waals surface area contributed by atoms with E-state index in [0.29, 0.717) is 25.8 Å². The lowest BCUT2D eigenvalue weighted by Gasteiger charge is -2.31. The van der Waals surface area contributed by atoms with Crippen molar-refractivity contribution >= 4 is 36.3 Å². The number of nitrogens with two attached hydrogens (primary N) is 1. The summed E-state index contributed by atoms with van der Waals surface area (Å²) in [6.45, 7) is 7.73. The molecule has 9 nitrogen and oxygen atoms in total. The molecule has 29 heavy (non-hydrogen) atoms. The van der Waals surface area contributed by atoms with Gasteiger partial charge in [-0.3, -0.25) is 14.4 Å². The van der Waals surface area contributed by atoms with Crippen LogP contribution in [0, 0.1) is 11.8 Å². The molecule has 1 saturated heterocycles. The number of nitrogens with one attached hydrogen (secondary N) is 2. The third-order valence-electron chi connectivity index (χ3n) is 4.92. The molecular weight excluding hydrogens is 396 g/mol. The molecule has 0 aromatic carbocycles. The molecule has 5 N–H and O–H groups in total. The Morgan fingerprint density at radius 3 is 2.24 bits per heavy atom. The summed E-state index contributed by atoms with van der Waals surface area (Å²) in [5.74, 6) is -2.44. The minimum Gasteiger partial charge on any atom is -0.480 e. The summed E-state index contributed by atoms with van der Waals surface area (Å²) < 4.78 is 0. The summed E-state index contributed by atoms with van der Waals surface area (Å²) in [6.07, 6.45) is 1.37. The highest BCUT2D eigenvalue weighted by Gasteiger charge is 2.39. The molecule has 4 atom stereocenters.